The van der Waals surface area contributed by atoms with Crippen molar-refractivity contribution in [1.29, 1.82) is 0 Å². The second-order valence-corrected chi connectivity index (χ2v) is 5.58. The monoisotopic (exact) mass is 231 g/mol. The molecule has 0 atom stereocenters. The van der Waals surface area contributed by atoms with Crippen molar-refractivity contribution in [3.63, 3.8) is 0 Å². The SMILES string of the molecule is CN1C=CN(CCS(C)(=O)=O)/C1=C\N=O. The summed E-state index contributed by atoms with van der Waals surface area (Å²) in [6, 6.07) is 0. The van der Waals surface area contributed by atoms with Gasteiger partial charge in [-0.2, -0.15) is 0 Å². The average Bonchev–Trinajstić information content (AvgIpc) is 2.45. The van der Waals surface area contributed by atoms with Gasteiger partial charge in [-0.1, -0.05) is 0 Å². The molecular formula is C8H13N3O3S. The topological polar surface area (TPSA) is 70.1 Å². The molecule has 0 radical (unpaired) electrons. The van der Waals surface area contributed by atoms with Crippen LogP contribution >= 0.6 is 0 Å². The standard InChI is InChI=1S/C8H13N3O3S/c1-10-3-4-11(8(10)7-9-12)5-6-15(2,13)14/h3-4,7H,5-6H2,1-2H3/b8-7-. The Morgan fingerprint density at radius 2 is 2.13 bits per heavy atom. The number of nitroso groups, excluding NO2 is 1. The molecule has 84 valence electrons. The maximum atomic E-state index is 11.0. The fraction of sp³-hybridized carbons (Fsp3) is 0.500. The predicted molar refractivity (Wildman–Crippen MR) is 57.2 cm³/mol. The zero-order valence-electron chi connectivity index (χ0n) is 8.62. The van der Waals surface area contributed by atoms with Crippen molar-refractivity contribution in [2.75, 3.05) is 25.6 Å². The van der Waals surface area contributed by atoms with E-state index in [-0.39, 0.29) is 5.75 Å². The van der Waals surface area contributed by atoms with Crippen LogP contribution in [0.4, 0.5) is 0 Å². The van der Waals surface area contributed by atoms with E-state index < -0.39 is 9.84 Å². The maximum absolute atomic E-state index is 11.0. The highest BCUT2D eigenvalue weighted by atomic mass is 32.2. The first kappa shape index (κ1) is 11.7. The van der Waals surface area contributed by atoms with Crippen LogP contribution in [0.15, 0.2) is 29.6 Å². The largest absolute Gasteiger partial charge is 0.335 e. The molecule has 1 rings (SSSR count). The Hall–Kier alpha value is -1.37. The van der Waals surface area contributed by atoms with Gasteiger partial charge >= 0.3 is 0 Å². The van der Waals surface area contributed by atoms with Crippen molar-refractivity contribution in [3.05, 3.63) is 29.3 Å². The number of hydrogen-bond acceptors (Lipinski definition) is 6. The average molecular weight is 231 g/mol. The molecule has 6 nitrogen and oxygen atoms in total. The van der Waals surface area contributed by atoms with Gasteiger partial charge in [-0.05, 0) is 5.18 Å². The van der Waals surface area contributed by atoms with Crippen LogP contribution in [-0.4, -0.2) is 43.8 Å². The molecule has 0 saturated heterocycles. The maximum Gasteiger partial charge on any atom is 0.149 e. The quantitative estimate of drug-likeness (QED) is 0.651. The van der Waals surface area contributed by atoms with Crippen molar-refractivity contribution in [3.8, 4) is 0 Å². The van der Waals surface area contributed by atoms with Crippen molar-refractivity contribution >= 4 is 9.84 Å². The van der Waals surface area contributed by atoms with E-state index in [0.717, 1.165) is 6.20 Å². The number of hydrogen-bond donors (Lipinski definition) is 0. The first-order valence-electron chi connectivity index (χ1n) is 4.32. The second-order valence-electron chi connectivity index (χ2n) is 3.33. The van der Waals surface area contributed by atoms with E-state index in [2.05, 4.69) is 5.18 Å². The van der Waals surface area contributed by atoms with Gasteiger partial charge < -0.3 is 9.80 Å². The molecule has 0 amide bonds. The Bertz CT molecular complexity index is 399. The van der Waals surface area contributed by atoms with Crippen LogP contribution in [0.3, 0.4) is 0 Å². The van der Waals surface area contributed by atoms with Crippen LogP contribution in [0.1, 0.15) is 0 Å². The molecule has 0 bridgehead atoms. The third kappa shape index (κ3) is 3.35. The molecule has 1 aliphatic heterocycles. The molecule has 0 unspecified atom stereocenters. The summed E-state index contributed by atoms with van der Waals surface area (Å²) in [5.74, 6) is 0.620. The van der Waals surface area contributed by atoms with Gasteiger partial charge in [0.2, 0.25) is 0 Å². The number of nitrogens with zero attached hydrogens (tertiary/aromatic N) is 3. The molecular weight excluding hydrogens is 218 g/mol. The second kappa shape index (κ2) is 4.43. The summed E-state index contributed by atoms with van der Waals surface area (Å²) in [5.41, 5.74) is 0. The zero-order valence-corrected chi connectivity index (χ0v) is 9.44. The Morgan fingerprint density at radius 3 is 2.67 bits per heavy atom. The summed E-state index contributed by atoms with van der Waals surface area (Å²) in [5, 5.41) is 2.68. The van der Waals surface area contributed by atoms with Gasteiger partial charge in [0.1, 0.15) is 21.9 Å². The van der Waals surface area contributed by atoms with E-state index in [0.29, 0.717) is 12.4 Å². The fourth-order valence-electron chi connectivity index (χ4n) is 1.20. The van der Waals surface area contributed by atoms with Gasteiger partial charge in [-0.25, -0.2) is 8.42 Å². The minimum Gasteiger partial charge on any atom is -0.335 e. The highest BCUT2D eigenvalue weighted by molar-refractivity contribution is 7.90. The Labute approximate surface area is 88.7 Å². The summed E-state index contributed by atoms with van der Waals surface area (Å²) in [6.45, 7) is 0.320. The molecule has 0 fully saturated rings. The highest BCUT2D eigenvalue weighted by Crippen LogP contribution is 2.17. The molecule has 0 aromatic heterocycles. The van der Waals surface area contributed by atoms with E-state index in [1.54, 1.807) is 29.2 Å². The van der Waals surface area contributed by atoms with E-state index in [1.165, 1.54) is 6.26 Å². The van der Waals surface area contributed by atoms with Crippen LogP contribution < -0.4 is 0 Å². The Balaban J connectivity index is 2.67. The molecule has 0 aromatic carbocycles. The number of rotatable bonds is 4. The van der Waals surface area contributed by atoms with Gasteiger partial charge in [0, 0.05) is 32.2 Å². The predicted octanol–water partition coefficient (Wildman–Crippen LogP) is 0.315. The van der Waals surface area contributed by atoms with Crippen molar-refractivity contribution in [2.24, 2.45) is 5.18 Å². The fourth-order valence-corrected chi connectivity index (χ4v) is 1.73. The molecule has 1 aliphatic rings. The van der Waals surface area contributed by atoms with Crippen LogP contribution in [0.2, 0.25) is 0 Å². The molecule has 0 aromatic rings. The molecule has 15 heavy (non-hydrogen) atoms. The molecule has 7 heteroatoms. The summed E-state index contributed by atoms with van der Waals surface area (Å²) < 4.78 is 21.9. The molecule has 0 aliphatic carbocycles. The molecule has 0 saturated carbocycles. The van der Waals surface area contributed by atoms with E-state index in [1.807, 2.05) is 0 Å². The van der Waals surface area contributed by atoms with Crippen LogP contribution in [0.25, 0.3) is 0 Å². The third-order valence-electron chi connectivity index (χ3n) is 2.00. The first-order chi connectivity index (χ1) is 6.94. The lowest BCUT2D eigenvalue weighted by molar-refractivity contribution is 0.406. The first-order valence-corrected chi connectivity index (χ1v) is 6.38. The third-order valence-corrected chi connectivity index (χ3v) is 2.92. The lowest BCUT2D eigenvalue weighted by atomic mass is 10.5. The van der Waals surface area contributed by atoms with Gasteiger partial charge in [-0.15, -0.1) is 4.91 Å². The van der Waals surface area contributed by atoms with Crippen molar-refractivity contribution in [2.45, 2.75) is 0 Å². The van der Waals surface area contributed by atoms with E-state index >= 15 is 0 Å². The van der Waals surface area contributed by atoms with E-state index in [4.69, 9.17) is 0 Å². The summed E-state index contributed by atoms with van der Waals surface area (Å²) in [7, 11) is -1.24. The lowest BCUT2D eigenvalue weighted by Gasteiger charge is -2.20. The van der Waals surface area contributed by atoms with Crippen LogP contribution in [-0.2, 0) is 9.84 Å². The van der Waals surface area contributed by atoms with Gasteiger partial charge in [0.15, 0.2) is 0 Å². The summed E-state index contributed by atoms with van der Waals surface area (Å²) in [6.07, 6.45) is 5.78. The van der Waals surface area contributed by atoms with Gasteiger partial charge in [0.25, 0.3) is 0 Å². The number of sulfone groups is 1. The Morgan fingerprint density at radius 1 is 1.47 bits per heavy atom. The van der Waals surface area contributed by atoms with Crippen LogP contribution in [0.5, 0.6) is 0 Å². The zero-order chi connectivity index (χ0) is 11.5. The van der Waals surface area contributed by atoms with Crippen molar-refractivity contribution < 1.29 is 8.42 Å². The summed E-state index contributed by atoms with van der Waals surface area (Å²) >= 11 is 0. The molecule has 0 N–H and O–H groups in total. The summed E-state index contributed by atoms with van der Waals surface area (Å²) in [4.78, 5) is 13.5. The smallest absolute Gasteiger partial charge is 0.149 e. The minimum atomic E-state index is -3.00. The minimum absolute atomic E-state index is 0.0430. The highest BCUT2D eigenvalue weighted by Gasteiger charge is 2.17. The van der Waals surface area contributed by atoms with Crippen molar-refractivity contribution in [1.82, 2.24) is 9.80 Å². The lowest BCUT2D eigenvalue weighted by Crippen LogP contribution is -2.25. The normalized spacial score (nSPS) is 18.9. The molecule has 0 spiro atoms. The van der Waals surface area contributed by atoms with Crippen LogP contribution in [0, 0.1) is 4.91 Å². The van der Waals surface area contributed by atoms with E-state index in [9.17, 15) is 13.3 Å². The van der Waals surface area contributed by atoms with Gasteiger partial charge in [0.05, 0.1) is 5.75 Å². The Kier molecular flexibility index (Phi) is 3.46. The van der Waals surface area contributed by atoms with Gasteiger partial charge in [-0.3, -0.25) is 0 Å². The molecule has 1 heterocycles.